The maximum Gasteiger partial charge on any atom is 0.416 e. The lowest BCUT2D eigenvalue weighted by Crippen LogP contribution is -2.46. The molecule has 1 saturated heterocycles. The molecule has 1 aliphatic rings. The van der Waals surface area contributed by atoms with E-state index in [4.69, 9.17) is 11.6 Å². The van der Waals surface area contributed by atoms with E-state index in [9.17, 15) is 13.2 Å². The van der Waals surface area contributed by atoms with Gasteiger partial charge >= 0.3 is 6.18 Å². The number of alkyl halides is 4. The molecule has 0 spiro atoms. The molecule has 0 radical (unpaired) electrons. The molecule has 1 unspecified atom stereocenters. The predicted octanol–water partition coefficient (Wildman–Crippen LogP) is 2.89. The number of nitrogens with zero attached hydrogens (tertiary/aromatic N) is 1. The van der Waals surface area contributed by atoms with E-state index in [1.165, 1.54) is 12.1 Å². The SMILES string of the molecule is FC(F)(F)c1cccc(C2CNCCN2CCCl)c1. The van der Waals surface area contributed by atoms with Crippen LogP contribution in [0.4, 0.5) is 13.2 Å². The zero-order chi connectivity index (χ0) is 13.9. The monoisotopic (exact) mass is 292 g/mol. The van der Waals surface area contributed by atoms with Crippen molar-refractivity contribution in [2.75, 3.05) is 32.1 Å². The zero-order valence-corrected chi connectivity index (χ0v) is 11.1. The van der Waals surface area contributed by atoms with Crippen molar-refractivity contribution in [3.05, 3.63) is 35.4 Å². The Balaban J connectivity index is 2.24. The zero-order valence-electron chi connectivity index (χ0n) is 10.4. The molecule has 2 nitrogen and oxygen atoms in total. The number of halogens is 4. The average Bonchev–Trinajstić information content (AvgIpc) is 2.39. The normalized spacial score (nSPS) is 21.6. The summed E-state index contributed by atoms with van der Waals surface area (Å²) in [5.74, 6) is 0.482. The fraction of sp³-hybridized carbons (Fsp3) is 0.538. The van der Waals surface area contributed by atoms with Gasteiger partial charge in [-0.25, -0.2) is 0 Å². The molecular formula is C13H16ClF3N2. The molecule has 2 rings (SSSR count). The molecule has 1 N–H and O–H groups in total. The first-order chi connectivity index (χ1) is 9.02. The van der Waals surface area contributed by atoms with Crippen LogP contribution in [0, 0.1) is 0 Å². The highest BCUT2D eigenvalue weighted by Gasteiger charge is 2.32. The highest BCUT2D eigenvalue weighted by molar-refractivity contribution is 6.18. The van der Waals surface area contributed by atoms with Crippen LogP contribution in [0.5, 0.6) is 0 Å². The summed E-state index contributed by atoms with van der Waals surface area (Å²) in [6, 6.07) is 5.50. The highest BCUT2D eigenvalue weighted by atomic mass is 35.5. The molecule has 0 bridgehead atoms. The van der Waals surface area contributed by atoms with Crippen molar-refractivity contribution in [2.24, 2.45) is 0 Å². The molecule has 0 aromatic heterocycles. The predicted molar refractivity (Wildman–Crippen MR) is 69.3 cm³/mol. The van der Waals surface area contributed by atoms with Gasteiger partial charge in [0, 0.05) is 38.1 Å². The quantitative estimate of drug-likeness (QED) is 0.862. The molecule has 6 heteroatoms. The van der Waals surface area contributed by atoms with Crippen LogP contribution in [0.15, 0.2) is 24.3 Å². The Hall–Kier alpha value is -0.780. The minimum Gasteiger partial charge on any atom is -0.314 e. The maximum absolute atomic E-state index is 12.7. The molecule has 1 aromatic rings. The number of hydrogen-bond acceptors (Lipinski definition) is 2. The minimum absolute atomic E-state index is 0.0465. The molecule has 1 heterocycles. The molecule has 1 atom stereocenters. The van der Waals surface area contributed by atoms with Gasteiger partial charge in [-0.1, -0.05) is 12.1 Å². The third kappa shape index (κ3) is 3.61. The van der Waals surface area contributed by atoms with E-state index in [0.717, 1.165) is 19.2 Å². The van der Waals surface area contributed by atoms with Crippen LogP contribution in [0.1, 0.15) is 17.2 Å². The van der Waals surface area contributed by atoms with Gasteiger partial charge in [0.25, 0.3) is 0 Å². The van der Waals surface area contributed by atoms with Gasteiger partial charge in [0.05, 0.1) is 5.56 Å². The van der Waals surface area contributed by atoms with Crippen molar-refractivity contribution < 1.29 is 13.2 Å². The Morgan fingerprint density at radius 2 is 2.16 bits per heavy atom. The molecular weight excluding hydrogens is 277 g/mol. The van der Waals surface area contributed by atoms with Crippen molar-refractivity contribution in [1.29, 1.82) is 0 Å². The number of hydrogen-bond donors (Lipinski definition) is 1. The van der Waals surface area contributed by atoms with Crippen molar-refractivity contribution >= 4 is 11.6 Å². The van der Waals surface area contributed by atoms with E-state index in [-0.39, 0.29) is 6.04 Å². The van der Waals surface area contributed by atoms with Gasteiger partial charge in [-0.15, -0.1) is 11.6 Å². The summed E-state index contributed by atoms with van der Waals surface area (Å²) in [5.41, 5.74) is 0.0912. The second-order valence-corrected chi connectivity index (χ2v) is 4.95. The molecule has 106 valence electrons. The lowest BCUT2D eigenvalue weighted by atomic mass is 10.0. The van der Waals surface area contributed by atoms with Crippen molar-refractivity contribution in [3.8, 4) is 0 Å². The smallest absolute Gasteiger partial charge is 0.314 e. The Morgan fingerprint density at radius 1 is 1.37 bits per heavy atom. The van der Waals surface area contributed by atoms with Gasteiger partial charge < -0.3 is 5.32 Å². The van der Waals surface area contributed by atoms with Crippen LogP contribution < -0.4 is 5.32 Å². The molecule has 1 fully saturated rings. The molecule has 0 aliphatic carbocycles. The molecule has 19 heavy (non-hydrogen) atoms. The molecule has 1 aromatic carbocycles. The van der Waals surface area contributed by atoms with E-state index in [0.29, 0.717) is 24.5 Å². The first-order valence-electron chi connectivity index (χ1n) is 6.20. The molecule has 0 saturated carbocycles. The number of piperazine rings is 1. The van der Waals surface area contributed by atoms with Gasteiger partial charge in [-0.3, -0.25) is 4.90 Å². The van der Waals surface area contributed by atoms with Gasteiger partial charge in [-0.05, 0) is 17.7 Å². The Bertz CT molecular complexity index is 421. The summed E-state index contributed by atoms with van der Waals surface area (Å²) in [6.45, 7) is 2.97. The summed E-state index contributed by atoms with van der Waals surface area (Å²) in [4.78, 5) is 2.12. The van der Waals surface area contributed by atoms with Crippen molar-refractivity contribution in [1.82, 2.24) is 10.2 Å². The van der Waals surface area contributed by atoms with Gasteiger partial charge in [0.1, 0.15) is 0 Å². The summed E-state index contributed by atoms with van der Waals surface area (Å²) >= 11 is 5.75. The van der Waals surface area contributed by atoms with Gasteiger partial charge in [-0.2, -0.15) is 13.2 Å². The average molecular weight is 293 g/mol. The van der Waals surface area contributed by atoms with Crippen LogP contribution in [0.25, 0.3) is 0 Å². The topological polar surface area (TPSA) is 15.3 Å². The van der Waals surface area contributed by atoms with Crippen LogP contribution in [0.2, 0.25) is 0 Å². The largest absolute Gasteiger partial charge is 0.416 e. The van der Waals surface area contributed by atoms with Crippen molar-refractivity contribution in [3.63, 3.8) is 0 Å². The standard InChI is InChI=1S/C13H16ClF3N2/c14-4-6-19-7-5-18-9-12(19)10-2-1-3-11(8-10)13(15,16)17/h1-3,8,12,18H,4-7,9H2. The van der Waals surface area contributed by atoms with Crippen LogP contribution in [-0.2, 0) is 6.18 Å². The second kappa shape index (κ2) is 6.11. The van der Waals surface area contributed by atoms with Crippen LogP contribution in [0.3, 0.4) is 0 Å². The minimum atomic E-state index is -4.30. The maximum atomic E-state index is 12.7. The Kier molecular flexibility index (Phi) is 4.71. The van der Waals surface area contributed by atoms with Gasteiger partial charge in [0.2, 0.25) is 0 Å². The summed E-state index contributed by atoms with van der Waals surface area (Å²) in [6.07, 6.45) is -4.30. The fourth-order valence-electron chi connectivity index (χ4n) is 2.37. The lowest BCUT2D eigenvalue weighted by molar-refractivity contribution is -0.137. The summed E-state index contributed by atoms with van der Waals surface area (Å²) in [5, 5.41) is 3.21. The van der Waals surface area contributed by atoms with Crippen LogP contribution >= 0.6 is 11.6 Å². The number of benzene rings is 1. The Labute approximate surface area is 115 Å². The second-order valence-electron chi connectivity index (χ2n) is 4.57. The third-order valence-electron chi connectivity index (χ3n) is 3.32. The number of nitrogens with one attached hydrogen (secondary N) is 1. The first-order valence-corrected chi connectivity index (χ1v) is 6.73. The lowest BCUT2D eigenvalue weighted by Gasteiger charge is -2.36. The highest BCUT2D eigenvalue weighted by Crippen LogP contribution is 2.32. The fourth-order valence-corrected chi connectivity index (χ4v) is 2.59. The van der Waals surface area contributed by atoms with E-state index < -0.39 is 11.7 Å². The Morgan fingerprint density at radius 3 is 2.84 bits per heavy atom. The van der Waals surface area contributed by atoms with E-state index >= 15 is 0 Å². The van der Waals surface area contributed by atoms with Gasteiger partial charge in [0.15, 0.2) is 0 Å². The third-order valence-corrected chi connectivity index (χ3v) is 3.49. The van der Waals surface area contributed by atoms with Crippen molar-refractivity contribution in [2.45, 2.75) is 12.2 Å². The van der Waals surface area contributed by atoms with Crippen LogP contribution in [-0.4, -0.2) is 37.0 Å². The molecule has 0 amide bonds. The summed E-state index contributed by atoms with van der Waals surface area (Å²) in [7, 11) is 0. The van der Waals surface area contributed by atoms with E-state index in [2.05, 4.69) is 10.2 Å². The number of rotatable bonds is 3. The van der Waals surface area contributed by atoms with E-state index in [1.807, 2.05) is 0 Å². The van der Waals surface area contributed by atoms with E-state index in [1.54, 1.807) is 6.07 Å². The first kappa shape index (κ1) is 14.6. The summed E-state index contributed by atoms with van der Waals surface area (Å²) < 4.78 is 38.2. The molecule has 1 aliphatic heterocycles.